The lowest BCUT2D eigenvalue weighted by molar-refractivity contribution is -0.385. The molecule has 0 fully saturated rings. The lowest BCUT2D eigenvalue weighted by atomic mass is 10.3. The van der Waals surface area contributed by atoms with Gasteiger partial charge in [0.2, 0.25) is 0 Å². The molecule has 1 heterocycles. The second kappa shape index (κ2) is 5.77. The van der Waals surface area contributed by atoms with Crippen LogP contribution in [-0.4, -0.2) is 22.7 Å². The predicted octanol–water partition coefficient (Wildman–Crippen LogP) is 0.665. The summed E-state index contributed by atoms with van der Waals surface area (Å²) in [6.07, 6.45) is 1.11. The summed E-state index contributed by atoms with van der Waals surface area (Å²) in [5.41, 5.74) is -1.06. The van der Waals surface area contributed by atoms with E-state index in [9.17, 15) is 14.9 Å². The first-order chi connectivity index (χ1) is 8.10. The van der Waals surface area contributed by atoms with E-state index >= 15 is 0 Å². The van der Waals surface area contributed by atoms with Gasteiger partial charge in [-0.2, -0.15) is 5.26 Å². The van der Waals surface area contributed by atoms with Crippen LogP contribution in [0.1, 0.15) is 12.5 Å². The van der Waals surface area contributed by atoms with Gasteiger partial charge in [0, 0.05) is 19.2 Å². The van der Waals surface area contributed by atoms with Crippen molar-refractivity contribution in [3.05, 3.63) is 38.3 Å². The molecule has 0 aliphatic heterocycles. The van der Waals surface area contributed by atoms with Crippen molar-refractivity contribution in [1.82, 2.24) is 4.57 Å². The van der Waals surface area contributed by atoms with Crippen molar-refractivity contribution >= 4 is 5.69 Å². The first-order valence-electron chi connectivity index (χ1n) is 4.97. The third kappa shape index (κ3) is 3.12. The zero-order valence-corrected chi connectivity index (χ0v) is 9.25. The van der Waals surface area contributed by atoms with Crippen molar-refractivity contribution in [2.45, 2.75) is 13.5 Å². The van der Waals surface area contributed by atoms with Crippen molar-refractivity contribution in [3.63, 3.8) is 0 Å². The summed E-state index contributed by atoms with van der Waals surface area (Å²) in [7, 11) is 0. The Bertz CT molecular complexity index is 515. The van der Waals surface area contributed by atoms with Crippen LogP contribution in [0.15, 0.2) is 17.1 Å². The van der Waals surface area contributed by atoms with Gasteiger partial charge in [0.1, 0.15) is 11.6 Å². The number of hydrogen-bond acceptors (Lipinski definition) is 5. The molecule has 7 heteroatoms. The summed E-state index contributed by atoms with van der Waals surface area (Å²) in [6, 6.07) is 2.61. The zero-order chi connectivity index (χ0) is 12.8. The average molecular weight is 237 g/mol. The van der Waals surface area contributed by atoms with E-state index in [0.29, 0.717) is 6.61 Å². The van der Waals surface area contributed by atoms with Crippen LogP contribution >= 0.6 is 0 Å². The van der Waals surface area contributed by atoms with Crippen LogP contribution in [0.3, 0.4) is 0 Å². The minimum Gasteiger partial charge on any atom is -0.380 e. The minimum absolute atomic E-state index is 0.184. The fourth-order valence-electron chi connectivity index (χ4n) is 1.27. The first kappa shape index (κ1) is 12.9. The van der Waals surface area contributed by atoms with Gasteiger partial charge in [-0.25, -0.2) is 0 Å². The summed E-state index contributed by atoms with van der Waals surface area (Å²) in [4.78, 5) is 21.6. The molecular formula is C10H11N3O4. The molecule has 0 atom stereocenters. The van der Waals surface area contributed by atoms with E-state index < -0.39 is 10.5 Å². The lowest BCUT2D eigenvalue weighted by Gasteiger charge is -2.05. The minimum atomic E-state index is -0.641. The van der Waals surface area contributed by atoms with Gasteiger partial charge >= 0.3 is 0 Å². The first-order valence-corrected chi connectivity index (χ1v) is 4.97. The normalized spacial score (nSPS) is 9.88. The molecule has 0 amide bonds. The van der Waals surface area contributed by atoms with E-state index in [-0.39, 0.29) is 24.4 Å². The molecular weight excluding hydrogens is 226 g/mol. The van der Waals surface area contributed by atoms with E-state index in [2.05, 4.69) is 0 Å². The predicted molar refractivity (Wildman–Crippen MR) is 58.6 cm³/mol. The van der Waals surface area contributed by atoms with Crippen molar-refractivity contribution in [2.75, 3.05) is 13.2 Å². The van der Waals surface area contributed by atoms with Crippen LogP contribution in [0.4, 0.5) is 5.69 Å². The van der Waals surface area contributed by atoms with E-state index in [1.165, 1.54) is 0 Å². The third-order valence-electron chi connectivity index (χ3n) is 2.08. The van der Waals surface area contributed by atoms with Crippen LogP contribution in [0.2, 0.25) is 0 Å². The van der Waals surface area contributed by atoms with Crippen LogP contribution < -0.4 is 5.56 Å². The second-order valence-corrected chi connectivity index (χ2v) is 3.18. The topological polar surface area (TPSA) is 98.2 Å². The monoisotopic (exact) mass is 237 g/mol. The number of nitro groups is 1. The average Bonchev–Trinajstić information content (AvgIpc) is 2.31. The Labute approximate surface area is 97.0 Å². The number of rotatable bonds is 5. The van der Waals surface area contributed by atoms with Gasteiger partial charge in [0.05, 0.1) is 17.7 Å². The molecule has 0 aliphatic carbocycles. The number of ether oxygens (including phenoxy) is 1. The summed E-state index contributed by atoms with van der Waals surface area (Å²) in [5, 5.41) is 19.3. The molecule has 0 N–H and O–H groups in total. The van der Waals surface area contributed by atoms with Gasteiger partial charge in [0.25, 0.3) is 11.2 Å². The summed E-state index contributed by atoms with van der Waals surface area (Å²) >= 11 is 0. The fourth-order valence-corrected chi connectivity index (χ4v) is 1.27. The van der Waals surface area contributed by atoms with Crippen LogP contribution in [0.25, 0.3) is 0 Å². The Kier molecular flexibility index (Phi) is 4.37. The number of hydrogen-bond donors (Lipinski definition) is 0. The largest absolute Gasteiger partial charge is 0.380 e. The van der Waals surface area contributed by atoms with E-state index in [1.54, 1.807) is 13.0 Å². The molecule has 1 rings (SSSR count). The smallest absolute Gasteiger partial charge is 0.287 e. The lowest BCUT2D eigenvalue weighted by Crippen LogP contribution is -2.24. The molecule has 0 saturated heterocycles. The maximum atomic E-state index is 11.6. The number of aromatic nitrogens is 1. The highest BCUT2D eigenvalue weighted by molar-refractivity contribution is 5.37. The van der Waals surface area contributed by atoms with Gasteiger partial charge in [-0.05, 0) is 6.92 Å². The quantitative estimate of drug-likeness (QED) is 0.425. The molecule has 17 heavy (non-hydrogen) atoms. The highest BCUT2D eigenvalue weighted by Crippen LogP contribution is 2.09. The maximum absolute atomic E-state index is 11.6. The number of nitriles is 1. The molecule has 0 aromatic carbocycles. The van der Waals surface area contributed by atoms with Gasteiger partial charge in [-0.1, -0.05) is 0 Å². The summed E-state index contributed by atoms with van der Waals surface area (Å²) in [5.74, 6) is 0. The van der Waals surface area contributed by atoms with Crippen molar-refractivity contribution in [2.24, 2.45) is 0 Å². The van der Waals surface area contributed by atoms with Gasteiger partial charge in [-0.3, -0.25) is 14.9 Å². The fraction of sp³-hybridized carbons (Fsp3) is 0.400. The Hall–Kier alpha value is -2.20. The highest BCUT2D eigenvalue weighted by Gasteiger charge is 2.13. The van der Waals surface area contributed by atoms with Crippen LogP contribution in [-0.2, 0) is 11.3 Å². The summed E-state index contributed by atoms with van der Waals surface area (Å²) in [6.45, 7) is 2.75. The van der Waals surface area contributed by atoms with E-state index in [4.69, 9.17) is 10.00 Å². The molecule has 0 unspecified atom stereocenters. The summed E-state index contributed by atoms with van der Waals surface area (Å²) < 4.78 is 6.17. The van der Waals surface area contributed by atoms with Crippen LogP contribution in [0.5, 0.6) is 0 Å². The molecule has 0 radical (unpaired) electrons. The van der Waals surface area contributed by atoms with Gasteiger partial charge in [-0.15, -0.1) is 0 Å². The van der Waals surface area contributed by atoms with Gasteiger partial charge < -0.3 is 9.30 Å². The molecule has 0 aliphatic rings. The molecule has 1 aromatic heterocycles. The second-order valence-electron chi connectivity index (χ2n) is 3.18. The van der Waals surface area contributed by atoms with Crippen molar-refractivity contribution in [3.8, 4) is 6.07 Å². The molecule has 1 aromatic rings. The highest BCUT2D eigenvalue weighted by atomic mass is 16.6. The van der Waals surface area contributed by atoms with E-state index in [1.807, 2.05) is 0 Å². The van der Waals surface area contributed by atoms with Crippen molar-refractivity contribution < 1.29 is 9.66 Å². The molecule has 0 spiro atoms. The Balaban J connectivity index is 3.11. The standard InChI is InChI=1S/C10H11N3O4/c1-2-17-4-3-12-7-9(13(15)16)5-8(6-11)10(12)14/h5,7H,2-4H2,1H3. The van der Waals surface area contributed by atoms with Gasteiger partial charge in [0.15, 0.2) is 0 Å². The molecule has 90 valence electrons. The molecule has 7 nitrogen and oxygen atoms in total. The van der Waals surface area contributed by atoms with E-state index in [0.717, 1.165) is 16.8 Å². The number of nitrogens with zero attached hydrogens (tertiary/aromatic N) is 3. The maximum Gasteiger partial charge on any atom is 0.287 e. The third-order valence-corrected chi connectivity index (χ3v) is 2.08. The molecule has 0 bridgehead atoms. The Morgan fingerprint density at radius 3 is 2.88 bits per heavy atom. The zero-order valence-electron chi connectivity index (χ0n) is 9.25. The van der Waals surface area contributed by atoms with Crippen molar-refractivity contribution in [1.29, 1.82) is 5.26 Å². The SMILES string of the molecule is CCOCCn1cc([N+](=O)[O-])cc(C#N)c1=O. The van der Waals surface area contributed by atoms with Crippen LogP contribution in [0, 0.1) is 21.4 Å². The Morgan fingerprint density at radius 2 is 2.35 bits per heavy atom. The Morgan fingerprint density at radius 1 is 1.65 bits per heavy atom. The molecule has 0 saturated carbocycles. The number of pyridine rings is 1.